The molecule has 0 saturated heterocycles. The summed E-state index contributed by atoms with van der Waals surface area (Å²) in [6, 6.07) is 5.78. The molecule has 0 radical (unpaired) electrons. The zero-order chi connectivity index (χ0) is 14.1. The highest BCUT2D eigenvalue weighted by Gasteiger charge is 2.02. The van der Waals surface area contributed by atoms with Gasteiger partial charge >= 0.3 is 0 Å². The first kappa shape index (κ1) is 15.3. The SMILES string of the molecule is C=C(C)COCCNCC(=O)Nc1cccc(F)c1. The van der Waals surface area contributed by atoms with E-state index in [2.05, 4.69) is 17.2 Å². The predicted octanol–water partition coefficient (Wildman–Crippen LogP) is 1.95. The molecule has 0 bridgehead atoms. The van der Waals surface area contributed by atoms with Crippen molar-refractivity contribution in [2.24, 2.45) is 0 Å². The number of halogens is 1. The van der Waals surface area contributed by atoms with Crippen molar-refractivity contribution in [2.45, 2.75) is 6.92 Å². The Morgan fingerprint density at radius 3 is 2.95 bits per heavy atom. The lowest BCUT2D eigenvalue weighted by Gasteiger charge is -2.07. The quantitative estimate of drug-likeness (QED) is 0.558. The molecule has 4 nitrogen and oxygen atoms in total. The summed E-state index contributed by atoms with van der Waals surface area (Å²) in [5, 5.41) is 5.53. The van der Waals surface area contributed by atoms with Crippen molar-refractivity contribution in [3.8, 4) is 0 Å². The van der Waals surface area contributed by atoms with E-state index in [1.54, 1.807) is 12.1 Å². The van der Waals surface area contributed by atoms with Crippen LogP contribution in [0.5, 0.6) is 0 Å². The van der Waals surface area contributed by atoms with Gasteiger partial charge in [-0.15, -0.1) is 0 Å². The molecule has 5 heteroatoms. The summed E-state index contributed by atoms with van der Waals surface area (Å²) in [6.45, 7) is 7.38. The molecular formula is C14H19FN2O2. The smallest absolute Gasteiger partial charge is 0.238 e. The third-order valence-corrected chi connectivity index (χ3v) is 2.17. The van der Waals surface area contributed by atoms with Crippen molar-refractivity contribution in [3.63, 3.8) is 0 Å². The lowest BCUT2D eigenvalue weighted by atomic mass is 10.3. The number of hydrogen-bond acceptors (Lipinski definition) is 3. The number of ether oxygens (including phenoxy) is 1. The highest BCUT2D eigenvalue weighted by atomic mass is 19.1. The fourth-order valence-corrected chi connectivity index (χ4v) is 1.36. The number of nitrogens with one attached hydrogen (secondary N) is 2. The first-order chi connectivity index (χ1) is 9.08. The number of benzene rings is 1. The Morgan fingerprint density at radius 1 is 1.47 bits per heavy atom. The summed E-state index contributed by atoms with van der Waals surface area (Å²) in [5.41, 5.74) is 1.41. The van der Waals surface area contributed by atoms with Crippen molar-refractivity contribution in [3.05, 3.63) is 42.2 Å². The number of amides is 1. The highest BCUT2D eigenvalue weighted by molar-refractivity contribution is 5.92. The molecular weight excluding hydrogens is 247 g/mol. The highest BCUT2D eigenvalue weighted by Crippen LogP contribution is 2.08. The van der Waals surface area contributed by atoms with Crippen LogP contribution < -0.4 is 10.6 Å². The Hall–Kier alpha value is -1.72. The molecule has 0 heterocycles. The fourth-order valence-electron chi connectivity index (χ4n) is 1.36. The maximum Gasteiger partial charge on any atom is 0.238 e. The van der Waals surface area contributed by atoms with E-state index in [4.69, 9.17) is 4.74 Å². The van der Waals surface area contributed by atoms with Crippen LogP contribution in [0.25, 0.3) is 0 Å². The topological polar surface area (TPSA) is 50.4 Å². The van der Waals surface area contributed by atoms with Crippen LogP contribution in [0.4, 0.5) is 10.1 Å². The van der Waals surface area contributed by atoms with E-state index >= 15 is 0 Å². The molecule has 19 heavy (non-hydrogen) atoms. The van der Waals surface area contributed by atoms with Gasteiger partial charge < -0.3 is 15.4 Å². The molecule has 0 fully saturated rings. The van der Waals surface area contributed by atoms with E-state index in [1.807, 2.05) is 6.92 Å². The molecule has 104 valence electrons. The van der Waals surface area contributed by atoms with E-state index in [0.717, 1.165) is 5.57 Å². The van der Waals surface area contributed by atoms with Crippen LogP contribution >= 0.6 is 0 Å². The van der Waals surface area contributed by atoms with Crippen LogP contribution in [0.3, 0.4) is 0 Å². The van der Waals surface area contributed by atoms with E-state index in [-0.39, 0.29) is 18.3 Å². The van der Waals surface area contributed by atoms with Gasteiger partial charge in [-0.2, -0.15) is 0 Å². The second kappa shape index (κ2) is 8.39. The largest absolute Gasteiger partial charge is 0.376 e. The van der Waals surface area contributed by atoms with Crippen LogP contribution in [0.1, 0.15) is 6.92 Å². The van der Waals surface area contributed by atoms with Gasteiger partial charge in [0.05, 0.1) is 19.8 Å². The number of carbonyl (C=O) groups is 1. The molecule has 1 amide bonds. The van der Waals surface area contributed by atoms with Crippen molar-refractivity contribution in [1.29, 1.82) is 0 Å². The van der Waals surface area contributed by atoms with Crippen molar-refractivity contribution >= 4 is 11.6 Å². The molecule has 0 aliphatic rings. The van der Waals surface area contributed by atoms with Crippen LogP contribution in [0.15, 0.2) is 36.4 Å². The number of rotatable bonds is 8. The number of anilines is 1. The van der Waals surface area contributed by atoms with Crippen LogP contribution in [0.2, 0.25) is 0 Å². The Morgan fingerprint density at radius 2 is 2.26 bits per heavy atom. The van der Waals surface area contributed by atoms with Gasteiger partial charge in [0.1, 0.15) is 5.82 Å². The minimum atomic E-state index is -0.376. The Kier molecular flexibility index (Phi) is 6.78. The normalized spacial score (nSPS) is 10.2. The summed E-state index contributed by atoms with van der Waals surface area (Å²) < 4.78 is 18.2. The van der Waals surface area contributed by atoms with E-state index < -0.39 is 0 Å². The zero-order valence-electron chi connectivity index (χ0n) is 11.0. The molecule has 1 rings (SSSR count). The monoisotopic (exact) mass is 266 g/mol. The fraction of sp³-hybridized carbons (Fsp3) is 0.357. The zero-order valence-corrected chi connectivity index (χ0v) is 11.0. The first-order valence-electron chi connectivity index (χ1n) is 6.06. The van der Waals surface area contributed by atoms with Gasteiger partial charge in [0.2, 0.25) is 5.91 Å². The molecule has 0 aliphatic heterocycles. The predicted molar refractivity (Wildman–Crippen MR) is 73.5 cm³/mol. The summed E-state index contributed by atoms with van der Waals surface area (Å²) in [7, 11) is 0. The van der Waals surface area contributed by atoms with Gasteiger partial charge in [-0.05, 0) is 25.1 Å². The van der Waals surface area contributed by atoms with Crippen molar-refractivity contribution < 1.29 is 13.9 Å². The Bertz CT molecular complexity index is 435. The van der Waals surface area contributed by atoms with E-state index in [1.165, 1.54) is 12.1 Å². The molecule has 1 aromatic carbocycles. The van der Waals surface area contributed by atoms with E-state index in [0.29, 0.717) is 25.4 Å². The molecule has 0 saturated carbocycles. The molecule has 0 aromatic heterocycles. The molecule has 1 aromatic rings. The van der Waals surface area contributed by atoms with Gasteiger partial charge in [0.25, 0.3) is 0 Å². The molecule has 0 spiro atoms. The molecule has 2 N–H and O–H groups in total. The van der Waals surface area contributed by atoms with Crippen molar-refractivity contribution in [1.82, 2.24) is 5.32 Å². The molecule has 0 atom stereocenters. The van der Waals surface area contributed by atoms with Crippen molar-refractivity contribution in [2.75, 3.05) is 31.6 Å². The Labute approximate surface area is 112 Å². The number of carbonyl (C=O) groups excluding carboxylic acids is 1. The average Bonchev–Trinajstić information content (AvgIpc) is 2.33. The maximum atomic E-state index is 12.9. The number of hydrogen-bond donors (Lipinski definition) is 2. The maximum absolute atomic E-state index is 12.9. The second-order valence-corrected chi connectivity index (χ2v) is 4.24. The third-order valence-electron chi connectivity index (χ3n) is 2.17. The third kappa shape index (κ3) is 7.33. The summed E-state index contributed by atoms with van der Waals surface area (Å²) >= 11 is 0. The van der Waals surface area contributed by atoms with Crippen LogP contribution in [-0.4, -0.2) is 32.2 Å². The summed E-state index contributed by atoms with van der Waals surface area (Å²) in [5.74, 6) is -0.593. The molecule has 0 aliphatic carbocycles. The minimum absolute atomic E-state index is 0.160. The lowest BCUT2D eigenvalue weighted by Crippen LogP contribution is -2.30. The van der Waals surface area contributed by atoms with E-state index in [9.17, 15) is 9.18 Å². The van der Waals surface area contributed by atoms with Gasteiger partial charge in [0.15, 0.2) is 0 Å². The van der Waals surface area contributed by atoms with Crippen LogP contribution in [-0.2, 0) is 9.53 Å². The second-order valence-electron chi connectivity index (χ2n) is 4.24. The summed E-state index contributed by atoms with van der Waals surface area (Å²) in [4.78, 5) is 11.5. The molecule has 0 unspecified atom stereocenters. The van der Waals surface area contributed by atoms with Gasteiger partial charge in [-0.25, -0.2) is 4.39 Å². The standard InChI is InChI=1S/C14H19FN2O2/c1-11(2)10-19-7-6-16-9-14(18)17-13-5-3-4-12(15)8-13/h3-5,8,16H,1,6-7,9-10H2,2H3,(H,17,18). The summed E-state index contributed by atoms with van der Waals surface area (Å²) in [6.07, 6.45) is 0. The first-order valence-corrected chi connectivity index (χ1v) is 6.06. The van der Waals surface area contributed by atoms with Crippen LogP contribution in [0, 0.1) is 5.82 Å². The lowest BCUT2D eigenvalue weighted by molar-refractivity contribution is -0.115. The van der Waals surface area contributed by atoms with Gasteiger partial charge in [0, 0.05) is 12.2 Å². The van der Waals surface area contributed by atoms with Gasteiger partial charge in [-0.1, -0.05) is 18.2 Å². The Balaban J connectivity index is 2.13. The average molecular weight is 266 g/mol. The minimum Gasteiger partial charge on any atom is -0.376 e. The van der Waals surface area contributed by atoms with Gasteiger partial charge in [-0.3, -0.25) is 4.79 Å².